The second-order valence-corrected chi connectivity index (χ2v) is 16.3. The lowest BCUT2D eigenvalue weighted by Gasteiger charge is -2.40. The van der Waals surface area contributed by atoms with Crippen molar-refractivity contribution in [3.63, 3.8) is 0 Å². The van der Waals surface area contributed by atoms with E-state index >= 15 is 4.79 Å². The van der Waals surface area contributed by atoms with Gasteiger partial charge >= 0.3 is 6.18 Å². The van der Waals surface area contributed by atoms with Crippen LogP contribution < -0.4 is 5.32 Å². The van der Waals surface area contributed by atoms with Gasteiger partial charge in [-0.1, -0.05) is 107 Å². The number of aromatic nitrogens is 1. The van der Waals surface area contributed by atoms with E-state index in [2.05, 4.69) is 19.2 Å². The lowest BCUT2D eigenvalue weighted by molar-refractivity contribution is -0.138. The molecule has 1 aromatic heterocycles. The van der Waals surface area contributed by atoms with Gasteiger partial charge in [-0.05, 0) is 65.5 Å². The summed E-state index contributed by atoms with van der Waals surface area (Å²) in [4.78, 5) is 48.0. The number of carbonyl (C=O) groups is 3. The maximum atomic E-state index is 15.1. The van der Waals surface area contributed by atoms with Crippen LogP contribution in [0.25, 0.3) is 16.8 Å². The zero-order valence-electron chi connectivity index (χ0n) is 31.8. The van der Waals surface area contributed by atoms with Gasteiger partial charge in [0.05, 0.1) is 16.3 Å². The molecule has 55 heavy (non-hydrogen) atoms. The Morgan fingerprint density at radius 2 is 1.62 bits per heavy atom. The molecule has 2 aliphatic rings. The highest BCUT2D eigenvalue weighted by Crippen LogP contribution is 2.50. The molecule has 0 saturated heterocycles. The number of hydrogen-bond acceptors (Lipinski definition) is 5. The molecule has 1 N–H and O–H groups in total. The van der Waals surface area contributed by atoms with Gasteiger partial charge in [0.15, 0.2) is 5.78 Å². The summed E-state index contributed by atoms with van der Waals surface area (Å²) in [5.74, 6) is -2.66. The van der Waals surface area contributed by atoms with Crippen molar-refractivity contribution in [2.45, 2.75) is 103 Å². The molecule has 0 saturated carbocycles. The van der Waals surface area contributed by atoms with Crippen molar-refractivity contribution in [2.75, 3.05) is 0 Å². The predicted molar refractivity (Wildman–Crippen MR) is 209 cm³/mol. The Labute approximate surface area is 324 Å². The van der Waals surface area contributed by atoms with Crippen molar-refractivity contribution < 1.29 is 31.9 Å². The number of nitrogens with zero attached hydrogens (tertiary/aromatic N) is 1. The van der Waals surface area contributed by atoms with Gasteiger partial charge in [-0.25, -0.2) is 9.37 Å². The Morgan fingerprint density at radius 1 is 0.909 bits per heavy atom. The second kappa shape index (κ2) is 16.7. The maximum Gasteiger partial charge on any atom is 0.416 e. The van der Waals surface area contributed by atoms with E-state index in [1.54, 1.807) is 24.3 Å². The minimum atomic E-state index is -4.53. The van der Waals surface area contributed by atoms with Crippen LogP contribution >= 0.6 is 11.3 Å². The molecule has 1 amide bonds. The number of rotatable bonds is 15. The van der Waals surface area contributed by atoms with Gasteiger partial charge in [0.25, 0.3) is 0 Å². The molecule has 10 heteroatoms. The minimum Gasteiger partial charge on any atom is -0.343 e. The number of alkyl halides is 3. The average Bonchev–Trinajstić information content (AvgIpc) is 3.81. The van der Waals surface area contributed by atoms with E-state index in [0.717, 1.165) is 34.3 Å². The summed E-state index contributed by atoms with van der Waals surface area (Å²) in [5, 5.41) is 5.98. The third-order valence-corrected chi connectivity index (χ3v) is 12.9. The number of amides is 1. The second-order valence-electron chi connectivity index (χ2n) is 15.4. The van der Waals surface area contributed by atoms with Crippen molar-refractivity contribution >= 4 is 34.4 Å². The molecule has 0 bridgehead atoms. The molecule has 0 unspecified atom stereocenters. The number of allylic oxidation sites excluding steroid dienone is 1. The summed E-state index contributed by atoms with van der Waals surface area (Å²) in [6.07, 6.45) is -2.62. The molecular formula is C45H48F4N2O3S. The molecule has 0 aliphatic heterocycles. The van der Waals surface area contributed by atoms with Crippen LogP contribution in [0.1, 0.15) is 106 Å². The number of carbonyl (C=O) groups excluding carboxylic acids is 3. The van der Waals surface area contributed by atoms with Gasteiger partial charge in [-0.3, -0.25) is 14.4 Å². The zero-order valence-corrected chi connectivity index (χ0v) is 32.6. The van der Waals surface area contributed by atoms with E-state index in [4.69, 9.17) is 4.98 Å². The smallest absolute Gasteiger partial charge is 0.343 e. The number of nitrogens with one attached hydrogen (secondary N) is 1. The molecule has 6 rings (SSSR count). The number of hydrogen-bond donors (Lipinski definition) is 1. The van der Waals surface area contributed by atoms with Crippen LogP contribution in [0.2, 0.25) is 0 Å². The summed E-state index contributed by atoms with van der Waals surface area (Å²) in [6.45, 7) is 7.95. The van der Waals surface area contributed by atoms with Crippen molar-refractivity contribution in [3.05, 3.63) is 117 Å². The van der Waals surface area contributed by atoms with Crippen LogP contribution in [0, 0.1) is 23.6 Å². The molecule has 4 aromatic rings. The van der Waals surface area contributed by atoms with Crippen molar-refractivity contribution in [3.8, 4) is 11.3 Å². The maximum absolute atomic E-state index is 15.1. The lowest BCUT2D eigenvalue weighted by Crippen LogP contribution is -2.58. The SMILES string of the molecule is CC[C@H](C)[C@H](CC(=O)Cc1ccccc1F)C(=O)N[C@]1(C(=O)C[C@H](c2nc(-c3ccccc3)cs2)[C@@H](C)CC)CCC2=C(C1)c1cccc(C(F)(F)F)c1C2. The van der Waals surface area contributed by atoms with Gasteiger partial charge < -0.3 is 5.32 Å². The molecule has 2 aliphatic carbocycles. The summed E-state index contributed by atoms with van der Waals surface area (Å²) < 4.78 is 57.0. The lowest BCUT2D eigenvalue weighted by atomic mass is 9.71. The van der Waals surface area contributed by atoms with E-state index in [0.29, 0.717) is 24.0 Å². The van der Waals surface area contributed by atoms with Gasteiger partial charge in [-0.2, -0.15) is 13.2 Å². The van der Waals surface area contributed by atoms with Crippen LogP contribution in [-0.4, -0.2) is 28.0 Å². The van der Waals surface area contributed by atoms with E-state index in [9.17, 15) is 27.2 Å². The van der Waals surface area contributed by atoms with Crippen LogP contribution in [0.5, 0.6) is 0 Å². The van der Waals surface area contributed by atoms with E-state index in [1.165, 1.54) is 23.5 Å². The molecule has 1 heterocycles. The van der Waals surface area contributed by atoms with Gasteiger partial charge in [-0.15, -0.1) is 11.3 Å². The number of ketones is 2. The van der Waals surface area contributed by atoms with E-state index < -0.39 is 34.9 Å². The average molecular weight is 773 g/mol. The van der Waals surface area contributed by atoms with Crippen molar-refractivity contribution in [1.82, 2.24) is 10.3 Å². The first-order valence-corrected chi connectivity index (χ1v) is 20.1. The number of benzene rings is 3. The normalized spacial score (nSPS) is 18.9. The first-order valence-electron chi connectivity index (χ1n) is 19.3. The largest absolute Gasteiger partial charge is 0.416 e. The molecule has 3 aromatic carbocycles. The highest BCUT2D eigenvalue weighted by atomic mass is 32.1. The molecule has 0 fully saturated rings. The fourth-order valence-electron chi connectivity index (χ4n) is 8.21. The van der Waals surface area contributed by atoms with Gasteiger partial charge in [0, 0.05) is 48.5 Å². The summed E-state index contributed by atoms with van der Waals surface area (Å²) in [7, 11) is 0. The molecule has 0 spiro atoms. The number of halogens is 4. The van der Waals surface area contributed by atoms with E-state index in [-0.39, 0.29) is 79.0 Å². The summed E-state index contributed by atoms with van der Waals surface area (Å²) in [6, 6.07) is 20.0. The standard InChI is InChI=1S/C45H48F4N2O3S/c1-5-27(3)34(23-32(52)21-31-15-10-11-18-39(31)46)42(54)51-44(20-19-30-22-36-33(37(30)25-44)16-12-17-38(36)45(47,48)49)41(53)24-35(28(4)6-2)43-50-40(26-55-43)29-13-8-7-9-14-29/h7-18,26-28,34-35H,5-6,19-25H2,1-4H3,(H,51,54)/t27-,28-,34-,35-,44+/m0/s1. The first kappa shape index (κ1) is 40.2. The Bertz CT molecular complexity index is 2070. The Kier molecular flexibility index (Phi) is 12.2. The number of thiazole rings is 1. The fourth-order valence-corrected chi connectivity index (χ4v) is 9.28. The molecular weight excluding hydrogens is 725 g/mol. The number of Topliss-reactive ketones (excluding diaryl/α,β-unsaturated/α-hetero) is 2. The third-order valence-electron chi connectivity index (χ3n) is 12.0. The minimum absolute atomic E-state index is 0.0535. The number of fused-ring (bicyclic) bond motifs is 2. The Morgan fingerprint density at radius 3 is 2.31 bits per heavy atom. The van der Waals surface area contributed by atoms with Gasteiger partial charge in [0.2, 0.25) is 5.91 Å². The monoisotopic (exact) mass is 772 g/mol. The van der Waals surface area contributed by atoms with Crippen LogP contribution in [0.3, 0.4) is 0 Å². The van der Waals surface area contributed by atoms with Crippen LogP contribution in [0.4, 0.5) is 17.6 Å². The summed E-state index contributed by atoms with van der Waals surface area (Å²) in [5.41, 5.74) is 2.15. The Balaban J connectivity index is 1.35. The summed E-state index contributed by atoms with van der Waals surface area (Å²) >= 11 is 1.50. The molecule has 0 radical (unpaired) electrons. The van der Waals surface area contributed by atoms with Crippen LogP contribution in [0.15, 0.2) is 83.7 Å². The first-order chi connectivity index (χ1) is 26.2. The van der Waals surface area contributed by atoms with Crippen molar-refractivity contribution in [2.24, 2.45) is 17.8 Å². The Hall–Kier alpha value is -4.44. The quantitative estimate of drug-likeness (QED) is 0.122. The highest BCUT2D eigenvalue weighted by molar-refractivity contribution is 7.10. The highest BCUT2D eigenvalue weighted by Gasteiger charge is 2.48. The fraction of sp³-hybridized carbons (Fsp3) is 0.422. The van der Waals surface area contributed by atoms with Gasteiger partial charge in [0.1, 0.15) is 17.1 Å². The van der Waals surface area contributed by atoms with E-state index in [1.807, 2.05) is 49.6 Å². The molecule has 5 nitrogen and oxygen atoms in total. The third kappa shape index (κ3) is 8.69. The molecule has 290 valence electrons. The topological polar surface area (TPSA) is 76.1 Å². The molecule has 5 atom stereocenters. The zero-order chi connectivity index (χ0) is 39.5. The van der Waals surface area contributed by atoms with Crippen LogP contribution in [-0.2, 0) is 33.4 Å². The van der Waals surface area contributed by atoms with Crippen molar-refractivity contribution in [1.29, 1.82) is 0 Å². The predicted octanol–water partition coefficient (Wildman–Crippen LogP) is 11.0.